The molecule has 2 nitrogen and oxygen atoms in total. The van der Waals surface area contributed by atoms with Gasteiger partial charge in [-0.25, -0.2) is 0 Å². The van der Waals surface area contributed by atoms with Gasteiger partial charge in [0.2, 0.25) is 5.91 Å². The van der Waals surface area contributed by atoms with Crippen LogP contribution in [0.15, 0.2) is 0 Å². The van der Waals surface area contributed by atoms with Gasteiger partial charge in [-0.2, -0.15) is 11.8 Å². The molecule has 0 radical (unpaired) electrons. The lowest BCUT2D eigenvalue weighted by Gasteiger charge is -2.49. The number of carbonyl (C=O) groups excluding carboxylic acids is 1. The SMILES string of the molecule is O=C1CC2(CCCSC2)C2(CCCCC2)N1. The second-order valence-electron chi connectivity index (χ2n) is 5.80. The Morgan fingerprint density at radius 3 is 2.56 bits per heavy atom. The monoisotopic (exact) mass is 239 g/mol. The minimum absolute atomic E-state index is 0.190. The molecule has 2 saturated heterocycles. The fraction of sp³-hybridized carbons (Fsp3) is 0.923. The van der Waals surface area contributed by atoms with E-state index in [4.69, 9.17) is 0 Å². The second-order valence-corrected chi connectivity index (χ2v) is 6.91. The number of rotatable bonds is 0. The van der Waals surface area contributed by atoms with E-state index in [9.17, 15) is 4.79 Å². The molecule has 0 aromatic rings. The number of amides is 1. The molecule has 3 heteroatoms. The molecular weight excluding hydrogens is 218 g/mol. The summed E-state index contributed by atoms with van der Waals surface area (Å²) in [5.74, 6) is 2.84. The van der Waals surface area contributed by atoms with Gasteiger partial charge in [-0.15, -0.1) is 0 Å². The average Bonchev–Trinajstić information content (AvgIpc) is 2.53. The summed E-state index contributed by atoms with van der Waals surface area (Å²) in [7, 11) is 0. The highest BCUT2D eigenvalue weighted by atomic mass is 32.2. The largest absolute Gasteiger partial charge is 0.350 e. The number of hydrogen-bond acceptors (Lipinski definition) is 2. The maximum atomic E-state index is 11.9. The van der Waals surface area contributed by atoms with E-state index < -0.39 is 0 Å². The maximum absolute atomic E-state index is 11.9. The lowest BCUT2D eigenvalue weighted by molar-refractivity contribution is -0.120. The van der Waals surface area contributed by atoms with E-state index in [2.05, 4.69) is 17.1 Å². The van der Waals surface area contributed by atoms with Crippen molar-refractivity contribution in [2.75, 3.05) is 11.5 Å². The van der Waals surface area contributed by atoms with Crippen molar-refractivity contribution in [1.29, 1.82) is 0 Å². The molecule has 3 fully saturated rings. The van der Waals surface area contributed by atoms with Crippen LogP contribution in [0.1, 0.15) is 51.4 Å². The minimum atomic E-state index is 0.190. The Morgan fingerprint density at radius 1 is 1.06 bits per heavy atom. The predicted octanol–water partition coefficient (Wildman–Crippen LogP) is 2.72. The summed E-state index contributed by atoms with van der Waals surface area (Å²) >= 11 is 2.07. The molecule has 1 aliphatic carbocycles. The Hall–Kier alpha value is -0.180. The van der Waals surface area contributed by atoms with E-state index in [1.807, 2.05) is 0 Å². The van der Waals surface area contributed by atoms with Crippen molar-refractivity contribution >= 4 is 17.7 Å². The van der Waals surface area contributed by atoms with E-state index in [1.165, 1.54) is 56.5 Å². The highest BCUT2D eigenvalue weighted by Gasteiger charge is 2.57. The summed E-state index contributed by atoms with van der Waals surface area (Å²) in [5.41, 5.74) is 0.503. The van der Waals surface area contributed by atoms with Crippen molar-refractivity contribution < 1.29 is 4.79 Å². The lowest BCUT2D eigenvalue weighted by atomic mass is 9.62. The van der Waals surface area contributed by atoms with E-state index >= 15 is 0 Å². The van der Waals surface area contributed by atoms with Gasteiger partial charge in [0.25, 0.3) is 0 Å². The van der Waals surface area contributed by atoms with Crippen LogP contribution in [-0.4, -0.2) is 23.0 Å². The van der Waals surface area contributed by atoms with Gasteiger partial charge in [0.15, 0.2) is 0 Å². The molecule has 2 aliphatic heterocycles. The van der Waals surface area contributed by atoms with Gasteiger partial charge in [-0.05, 0) is 31.4 Å². The molecule has 3 rings (SSSR count). The van der Waals surface area contributed by atoms with E-state index in [0.717, 1.165) is 6.42 Å². The number of thioether (sulfide) groups is 1. The molecule has 1 amide bonds. The zero-order chi connectivity index (χ0) is 11.1. The number of carbonyl (C=O) groups is 1. The van der Waals surface area contributed by atoms with Crippen LogP contribution >= 0.6 is 11.8 Å². The Balaban J connectivity index is 1.91. The summed E-state index contributed by atoms with van der Waals surface area (Å²) in [4.78, 5) is 11.9. The molecule has 0 aromatic carbocycles. The fourth-order valence-electron chi connectivity index (χ4n) is 4.10. The highest BCUT2D eigenvalue weighted by Crippen LogP contribution is 2.54. The molecule has 2 heterocycles. The van der Waals surface area contributed by atoms with E-state index in [-0.39, 0.29) is 5.54 Å². The van der Waals surface area contributed by atoms with Crippen LogP contribution in [0, 0.1) is 5.41 Å². The number of nitrogens with one attached hydrogen (secondary N) is 1. The summed E-state index contributed by atoms with van der Waals surface area (Å²) in [5, 5.41) is 3.38. The quantitative estimate of drug-likeness (QED) is 0.704. The van der Waals surface area contributed by atoms with Crippen LogP contribution < -0.4 is 5.32 Å². The van der Waals surface area contributed by atoms with Crippen LogP contribution in [-0.2, 0) is 4.79 Å². The third-order valence-corrected chi connectivity index (χ3v) is 6.26. The molecule has 16 heavy (non-hydrogen) atoms. The predicted molar refractivity (Wildman–Crippen MR) is 67.6 cm³/mol. The first-order valence-corrected chi connectivity index (χ1v) is 7.81. The average molecular weight is 239 g/mol. The van der Waals surface area contributed by atoms with Gasteiger partial charge < -0.3 is 5.32 Å². The Kier molecular flexibility index (Phi) is 2.69. The summed E-state index contributed by atoms with van der Waals surface area (Å²) in [6, 6.07) is 0. The fourth-order valence-corrected chi connectivity index (χ4v) is 5.51. The molecule has 1 atom stereocenters. The Labute approximate surface area is 102 Å². The number of hydrogen-bond donors (Lipinski definition) is 1. The zero-order valence-electron chi connectivity index (χ0n) is 9.89. The topological polar surface area (TPSA) is 29.1 Å². The van der Waals surface area contributed by atoms with Crippen molar-refractivity contribution in [3.63, 3.8) is 0 Å². The standard InChI is InChI=1S/C13H21NOS/c15-11-9-12(5-4-8-16-10-12)13(14-11)6-2-1-3-7-13/h1-10H2,(H,14,15). The first kappa shape index (κ1) is 10.9. The molecule has 2 spiro atoms. The first-order valence-electron chi connectivity index (χ1n) is 6.65. The van der Waals surface area contributed by atoms with Crippen LogP contribution in [0.2, 0.25) is 0 Å². The van der Waals surface area contributed by atoms with Crippen molar-refractivity contribution in [3.05, 3.63) is 0 Å². The Bertz CT molecular complexity index is 262. The molecule has 1 N–H and O–H groups in total. The van der Waals surface area contributed by atoms with Crippen LogP contribution in [0.3, 0.4) is 0 Å². The first-order chi connectivity index (χ1) is 7.77. The maximum Gasteiger partial charge on any atom is 0.221 e. The van der Waals surface area contributed by atoms with Gasteiger partial charge in [0.1, 0.15) is 0 Å². The molecular formula is C13H21NOS. The van der Waals surface area contributed by atoms with Crippen LogP contribution in [0.25, 0.3) is 0 Å². The van der Waals surface area contributed by atoms with Gasteiger partial charge in [0, 0.05) is 23.1 Å². The van der Waals surface area contributed by atoms with Crippen LogP contribution in [0.4, 0.5) is 0 Å². The van der Waals surface area contributed by atoms with E-state index in [0.29, 0.717) is 11.3 Å². The Morgan fingerprint density at radius 2 is 1.88 bits per heavy atom. The highest BCUT2D eigenvalue weighted by molar-refractivity contribution is 7.99. The van der Waals surface area contributed by atoms with Crippen molar-refractivity contribution in [2.24, 2.45) is 5.41 Å². The summed E-state index contributed by atoms with van der Waals surface area (Å²) in [6.45, 7) is 0. The molecule has 0 bridgehead atoms. The lowest BCUT2D eigenvalue weighted by Crippen LogP contribution is -2.55. The molecule has 0 aromatic heterocycles. The second kappa shape index (κ2) is 3.94. The van der Waals surface area contributed by atoms with Crippen molar-refractivity contribution in [3.8, 4) is 0 Å². The molecule has 3 aliphatic rings. The van der Waals surface area contributed by atoms with Crippen LogP contribution in [0.5, 0.6) is 0 Å². The van der Waals surface area contributed by atoms with E-state index in [1.54, 1.807) is 0 Å². The zero-order valence-corrected chi connectivity index (χ0v) is 10.7. The normalized spacial score (nSPS) is 37.9. The molecule has 1 unspecified atom stereocenters. The summed E-state index contributed by atoms with van der Waals surface area (Å²) in [6.07, 6.45) is 9.85. The third kappa shape index (κ3) is 1.51. The van der Waals surface area contributed by atoms with Gasteiger partial charge in [-0.3, -0.25) is 4.79 Å². The van der Waals surface area contributed by atoms with Gasteiger partial charge in [-0.1, -0.05) is 19.3 Å². The third-order valence-electron chi connectivity index (χ3n) is 4.92. The number of fused-ring (bicyclic) bond motifs is 1. The molecule has 1 saturated carbocycles. The van der Waals surface area contributed by atoms with Gasteiger partial charge >= 0.3 is 0 Å². The van der Waals surface area contributed by atoms with Gasteiger partial charge in [0.05, 0.1) is 0 Å². The summed E-state index contributed by atoms with van der Waals surface area (Å²) < 4.78 is 0. The molecule has 90 valence electrons. The van der Waals surface area contributed by atoms with Crippen molar-refractivity contribution in [2.45, 2.75) is 56.9 Å². The van der Waals surface area contributed by atoms with Crippen molar-refractivity contribution in [1.82, 2.24) is 5.32 Å². The minimum Gasteiger partial charge on any atom is -0.350 e. The smallest absolute Gasteiger partial charge is 0.221 e.